The zero-order valence-electron chi connectivity index (χ0n) is 11.2. The first-order valence-corrected chi connectivity index (χ1v) is 6.29. The second-order valence-electron chi connectivity index (χ2n) is 4.67. The number of aryl methyl sites for hydroxylation is 2. The van der Waals surface area contributed by atoms with Gasteiger partial charge in [-0.05, 0) is 37.0 Å². The number of carbonyl (C=O) groups excluding carboxylic acids is 1. The van der Waals surface area contributed by atoms with Crippen molar-refractivity contribution in [3.05, 3.63) is 34.9 Å². The molecule has 5 nitrogen and oxygen atoms in total. The molecule has 0 aliphatic carbocycles. The minimum absolute atomic E-state index is 0.232. The summed E-state index contributed by atoms with van der Waals surface area (Å²) in [6, 6.07) is 5.96. The Labute approximate surface area is 113 Å². The summed E-state index contributed by atoms with van der Waals surface area (Å²) in [6.07, 6.45) is 2.31. The van der Waals surface area contributed by atoms with Crippen LogP contribution >= 0.6 is 0 Å². The van der Waals surface area contributed by atoms with Gasteiger partial charge in [0.25, 0.3) is 0 Å². The van der Waals surface area contributed by atoms with Gasteiger partial charge in [0.15, 0.2) is 6.19 Å². The quantitative estimate of drug-likeness (QED) is 0.765. The average molecular weight is 259 g/mol. The van der Waals surface area contributed by atoms with Gasteiger partial charge in [-0.25, -0.2) is 14.8 Å². The van der Waals surface area contributed by atoms with E-state index in [4.69, 9.17) is 10.00 Å². The summed E-state index contributed by atoms with van der Waals surface area (Å²) in [7, 11) is 0. The van der Waals surface area contributed by atoms with Gasteiger partial charge >= 0.3 is 6.09 Å². The fourth-order valence-corrected chi connectivity index (χ4v) is 2.02. The van der Waals surface area contributed by atoms with Crippen LogP contribution in [-0.2, 0) is 11.3 Å². The minimum atomic E-state index is -0.461. The molecule has 19 heavy (non-hydrogen) atoms. The second kappa shape index (κ2) is 5.61. The van der Waals surface area contributed by atoms with Crippen molar-refractivity contribution in [3.63, 3.8) is 0 Å². The summed E-state index contributed by atoms with van der Waals surface area (Å²) in [5, 5.41) is 11.5. The van der Waals surface area contributed by atoms with Crippen molar-refractivity contribution in [1.29, 1.82) is 5.26 Å². The Morgan fingerprint density at radius 1 is 1.37 bits per heavy atom. The molecule has 100 valence electrons. The number of ether oxygens (including phenoxy) is 1. The number of benzene rings is 1. The van der Waals surface area contributed by atoms with E-state index in [0.717, 1.165) is 12.0 Å². The van der Waals surface area contributed by atoms with Crippen molar-refractivity contribution in [3.8, 4) is 6.19 Å². The number of amides is 1. The van der Waals surface area contributed by atoms with Crippen LogP contribution in [0.25, 0.3) is 0 Å². The van der Waals surface area contributed by atoms with Gasteiger partial charge in [-0.1, -0.05) is 18.2 Å². The first kappa shape index (κ1) is 13.2. The van der Waals surface area contributed by atoms with Gasteiger partial charge in [-0.3, -0.25) is 0 Å². The van der Waals surface area contributed by atoms with E-state index < -0.39 is 6.09 Å². The van der Waals surface area contributed by atoms with Gasteiger partial charge in [0.2, 0.25) is 0 Å². The molecule has 0 saturated carbocycles. The Morgan fingerprint density at radius 3 is 2.84 bits per heavy atom. The number of hydrogen-bond acceptors (Lipinski definition) is 4. The molecule has 0 spiro atoms. The van der Waals surface area contributed by atoms with Gasteiger partial charge in [-0.15, -0.1) is 0 Å². The third-order valence-corrected chi connectivity index (χ3v) is 3.29. The van der Waals surface area contributed by atoms with Crippen molar-refractivity contribution in [1.82, 2.24) is 10.0 Å². The summed E-state index contributed by atoms with van der Waals surface area (Å²) < 4.78 is 5.23. The Bertz CT molecular complexity index is 522. The van der Waals surface area contributed by atoms with Crippen LogP contribution in [0.15, 0.2) is 18.2 Å². The average Bonchev–Trinajstić information content (AvgIpc) is 2.88. The van der Waals surface area contributed by atoms with Crippen molar-refractivity contribution in [2.24, 2.45) is 0 Å². The third-order valence-electron chi connectivity index (χ3n) is 3.29. The fourth-order valence-electron chi connectivity index (χ4n) is 2.02. The highest BCUT2D eigenvalue weighted by Gasteiger charge is 2.26. The Balaban J connectivity index is 1.93. The van der Waals surface area contributed by atoms with E-state index in [1.807, 2.05) is 38.2 Å². The molecule has 5 heteroatoms. The summed E-state index contributed by atoms with van der Waals surface area (Å²) in [4.78, 5) is 11.9. The van der Waals surface area contributed by atoms with Crippen molar-refractivity contribution >= 4 is 6.09 Å². The van der Waals surface area contributed by atoms with E-state index in [-0.39, 0.29) is 6.61 Å². The van der Waals surface area contributed by atoms with Gasteiger partial charge in [0.05, 0.1) is 6.54 Å². The smallest absolute Gasteiger partial charge is 0.429 e. The van der Waals surface area contributed by atoms with Gasteiger partial charge in [-0.2, -0.15) is 5.26 Å². The van der Waals surface area contributed by atoms with Gasteiger partial charge in [0, 0.05) is 6.54 Å². The highest BCUT2D eigenvalue weighted by atomic mass is 16.6. The van der Waals surface area contributed by atoms with Crippen LogP contribution in [0, 0.1) is 25.3 Å². The molecule has 0 radical (unpaired) electrons. The number of carbonyl (C=O) groups is 1. The first-order chi connectivity index (χ1) is 9.11. The van der Waals surface area contributed by atoms with Crippen LogP contribution in [0.3, 0.4) is 0 Å². The van der Waals surface area contributed by atoms with E-state index in [1.54, 1.807) is 0 Å². The number of nitriles is 1. The molecular weight excluding hydrogens is 242 g/mol. The topological polar surface area (TPSA) is 56.6 Å². The zero-order chi connectivity index (χ0) is 13.8. The molecule has 0 aromatic heterocycles. The number of hydrogen-bond donors (Lipinski definition) is 0. The van der Waals surface area contributed by atoms with Crippen LogP contribution in [0.2, 0.25) is 0 Å². The summed E-state index contributed by atoms with van der Waals surface area (Å²) >= 11 is 0. The molecule has 1 aliphatic heterocycles. The zero-order valence-corrected chi connectivity index (χ0v) is 11.2. The predicted octanol–water partition coefficient (Wildman–Crippen LogP) is 2.34. The van der Waals surface area contributed by atoms with E-state index in [9.17, 15) is 4.79 Å². The van der Waals surface area contributed by atoms with Crippen molar-refractivity contribution in [2.75, 3.05) is 13.1 Å². The molecule has 1 saturated heterocycles. The number of hydrazine groups is 1. The Kier molecular flexibility index (Phi) is 3.91. The number of nitrogens with zero attached hydrogens (tertiary/aromatic N) is 3. The Hall–Kier alpha value is -2.22. The summed E-state index contributed by atoms with van der Waals surface area (Å²) in [5.74, 6) is 0. The first-order valence-electron chi connectivity index (χ1n) is 6.29. The van der Waals surface area contributed by atoms with Crippen molar-refractivity contribution < 1.29 is 9.53 Å². The normalized spacial score (nSPS) is 14.4. The molecule has 0 bridgehead atoms. The van der Waals surface area contributed by atoms with Crippen LogP contribution in [0.1, 0.15) is 23.1 Å². The second-order valence-corrected chi connectivity index (χ2v) is 4.67. The lowest BCUT2D eigenvalue weighted by Gasteiger charge is -2.21. The molecule has 1 heterocycles. The monoisotopic (exact) mass is 259 g/mol. The van der Waals surface area contributed by atoms with Crippen LogP contribution in [0.5, 0.6) is 0 Å². The van der Waals surface area contributed by atoms with Crippen molar-refractivity contribution in [2.45, 2.75) is 26.9 Å². The Morgan fingerprint density at radius 2 is 2.16 bits per heavy atom. The van der Waals surface area contributed by atoms with E-state index in [1.165, 1.54) is 21.1 Å². The molecule has 1 aliphatic rings. The van der Waals surface area contributed by atoms with Crippen LogP contribution in [0.4, 0.5) is 4.79 Å². The molecule has 0 atom stereocenters. The SMILES string of the molecule is Cc1ccc(COC(=O)N2CCCN2C#N)cc1C. The molecule has 0 unspecified atom stereocenters. The maximum Gasteiger partial charge on any atom is 0.429 e. The maximum absolute atomic E-state index is 11.9. The summed E-state index contributed by atoms with van der Waals surface area (Å²) in [5.41, 5.74) is 3.35. The number of rotatable bonds is 2. The van der Waals surface area contributed by atoms with Gasteiger partial charge < -0.3 is 4.74 Å². The third kappa shape index (κ3) is 2.97. The fraction of sp³-hybridized carbons (Fsp3) is 0.429. The highest BCUT2D eigenvalue weighted by Crippen LogP contribution is 2.14. The molecule has 0 N–H and O–H groups in total. The highest BCUT2D eigenvalue weighted by molar-refractivity contribution is 5.67. The van der Waals surface area contributed by atoms with Crippen LogP contribution < -0.4 is 0 Å². The molecule has 1 fully saturated rings. The van der Waals surface area contributed by atoms with Crippen LogP contribution in [-0.4, -0.2) is 29.2 Å². The summed E-state index contributed by atoms with van der Waals surface area (Å²) in [6.45, 7) is 5.42. The standard InChI is InChI=1S/C14H17N3O2/c1-11-4-5-13(8-12(11)2)9-19-14(18)17-7-3-6-16(17)10-15/h4-5,8H,3,6-7,9H2,1-2H3. The molecule has 1 aromatic rings. The molecular formula is C14H17N3O2. The molecule has 1 amide bonds. The molecule has 2 rings (SSSR count). The lowest BCUT2D eigenvalue weighted by molar-refractivity contribution is 0.0421. The van der Waals surface area contributed by atoms with E-state index in [2.05, 4.69) is 0 Å². The predicted molar refractivity (Wildman–Crippen MR) is 69.7 cm³/mol. The van der Waals surface area contributed by atoms with E-state index >= 15 is 0 Å². The van der Waals surface area contributed by atoms with E-state index in [0.29, 0.717) is 13.1 Å². The lowest BCUT2D eigenvalue weighted by Crippen LogP contribution is -2.38. The lowest BCUT2D eigenvalue weighted by atomic mass is 10.1. The minimum Gasteiger partial charge on any atom is -0.443 e. The van der Waals surface area contributed by atoms with Gasteiger partial charge in [0.1, 0.15) is 6.61 Å². The maximum atomic E-state index is 11.9. The molecule has 1 aromatic carbocycles. The largest absolute Gasteiger partial charge is 0.443 e.